The van der Waals surface area contributed by atoms with Crippen LogP contribution in [-0.4, -0.2) is 45.4 Å². The summed E-state index contributed by atoms with van der Waals surface area (Å²) in [6.45, 7) is 7.42. The van der Waals surface area contributed by atoms with Gasteiger partial charge in [0.25, 0.3) is 0 Å². The molecule has 2 aromatic rings. The number of likely N-dealkylation sites (tertiary alicyclic amines) is 1. The van der Waals surface area contributed by atoms with Crippen molar-refractivity contribution in [1.29, 1.82) is 0 Å². The van der Waals surface area contributed by atoms with E-state index in [9.17, 15) is 9.90 Å². The highest BCUT2D eigenvalue weighted by molar-refractivity contribution is 5.72. The maximum absolute atomic E-state index is 11.9. The minimum Gasteiger partial charge on any atom is -0.481 e. The molecule has 27 heavy (non-hydrogen) atoms. The van der Waals surface area contributed by atoms with Gasteiger partial charge in [0.1, 0.15) is 0 Å². The Morgan fingerprint density at radius 2 is 2.11 bits per heavy atom. The normalized spacial score (nSPS) is 21.9. The van der Waals surface area contributed by atoms with Gasteiger partial charge < -0.3 is 19.1 Å². The van der Waals surface area contributed by atoms with Gasteiger partial charge in [-0.05, 0) is 23.6 Å². The second-order valence-electron chi connectivity index (χ2n) is 7.79. The minimum absolute atomic E-state index is 0.0709. The summed E-state index contributed by atoms with van der Waals surface area (Å²) < 4.78 is 13.0. The van der Waals surface area contributed by atoms with Crippen molar-refractivity contribution in [2.75, 3.05) is 19.9 Å². The first-order chi connectivity index (χ1) is 13.0. The Morgan fingerprint density at radius 1 is 1.30 bits per heavy atom. The molecule has 7 nitrogen and oxygen atoms in total. The molecule has 1 fully saturated rings. The number of carboxylic acid groups (broad SMARTS) is 1. The Balaban J connectivity index is 1.52. The number of carbonyl (C=O) groups is 1. The van der Waals surface area contributed by atoms with E-state index in [2.05, 4.69) is 28.3 Å². The maximum atomic E-state index is 11.9. The number of nitrogens with zero attached hydrogens (tertiary/aromatic N) is 3. The summed E-state index contributed by atoms with van der Waals surface area (Å²) in [6.07, 6.45) is 3.74. The fourth-order valence-corrected chi connectivity index (χ4v) is 4.01. The number of hydrogen-bond acceptors (Lipinski definition) is 5. The largest absolute Gasteiger partial charge is 0.481 e. The van der Waals surface area contributed by atoms with Crippen LogP contribution >= 0.6 is 0 Å². The number of imidazole rings is 1. The fraction of sp³-hybridized carbons (Fsp3) is 0.500. The number of fused-ring (bicyclic) bond motifs is 1. The van der Waals surface area contributed by atoms with Gasteiger partial charge in [0.2, 0.25) is 6.79 Å². The molecule has 0 unspecified atom stereocenters. The number of aliphatic carboxylic acids is 1. The molecule has 0 amide bonds. The summed E-state index contributed by atoms with van der Waals surface area (Å²) in [5, 5.41) is 9.76. The molecule has 2 aliphatic heterocycles. The lowest BCUT2D eigenvalue weighted by atomic mass is 9.89. The first-order valence-corrected chi connectivity index (χ1v) is 9.35. The van der Waals surface area contributed by atoms with Gasteiger partial charge in [0, 0.05) is 38.3 Å². The van der Waals surface area contributed by atoms with Crippen LogP contribution in [0, 0.1) is 11.8 Å². The topological polar surface area (TPSA) is 76.8 Å². The molecular weight excluding hydrogens is 346 g/mol. The van der Waals surface area contributed by atoms with Crippen LogP contribution in [-0.2, 0) is 17.9 Å². The molecule has 0 spiro atoms. The molecule has 3 heterocycles. The van der Waals surface area contributed by atoms with Crippen LogP contribution in [0.25, 0.3) is 0 Å². The molecule has 0 bridgehead atoms. The predicted molar refractivity (Wildman–Crippen MR) is 98.8 cm³/mol. The Labute approximate surface area is 158 Å². The lowest BCUT2D eigenvalue weighted by Gasteiger charge is -2.18. The van der Waals surface area contributed by atoms with Gasteiger partial charge in [-0.1, -0.05) is 19.9 Å². The number of benzene rings is 1. The second-order valence-corrected chi connectivity index (χ2v) is 7.79. The second kappa shape index (κ2) is 7.23. The summed E-state index contributed by atoms with van der Waals surface area (Å²) >= 11 is 0. The van der Waals surface area contributed by atoms with Gasteiger partial charge in [-0.15, -0.1) is 0 Å². The number of carboxylic acids is 1. The Hall–Kier alpha value is -2.54. The zero-order chi connectivity index (χ0) is 19.0. The van der Waals surface area contributed by atoms with E-state index in [-0.39, 0.29) is 12.7 Å². The maximum Gasteiger partial charge on any atom is 0.308 e. The fourth-order valence-electron chi connectivity index (χ4n) is 4.01. The Kier molecular flexibility index (Phi) is 4.78. The monoisotopic (exact) mass is 371 g/mol. The molecule has 1 aromatic heterocycles. The van der Waals surface area contributed by atoms with E-state index in [1.54, 1.807) is 0 Å². The lowest BCUT2D eigenvalue weighted by Crippen LogP contribution is -2.24. The number of rotatable bonds is 6. The van der Waals surface area contributed by atoms with Crippen molar-refractivity contribution < 1.29 is 19.4 Å². The van der Waals surface area contributed by atoms with E-state index in [1.165, 1.54) is 0 Å². The summed E-state index contributed by atoms with van der Waals surface area (Å²) in [5.41, 5.74) is 2.11. The Bertz CT molecular complexity index is 832. The van der Waals surface area contributed by atoms with Crippen LogP contribution in [0.15, 0.2) is 30.7 Å². The zero-order valence-corrected chi connectivity index (χ0v) is 15.7. The molecule has 0 saturated carbocycles. The Morgan fingerprint density at radius 3 is 2.89 bits per heavy atom. The number of hydrogen-bond donors (Lipinski definition) is 1. The van der Waals surface area contributed by atoms with E-state index in [0.717, 1.165) is 23.6 Å². The van der Waals surface area contributed by atoms with E-state index >= 15 is 0 Å². The van der Waals surface area contributed by atoms with E-state index < -0.39 is 11.9 Å². The standard InChI is InChI=1S/C20H25N3O4/c1-13(2)7-23-11-21-6-15(23)8-22-9-16(17(10-22)20(24)25)14-3-4-18-19(5-14)27-12-26-18/h3-6,11,13,16-17H,7-10,12H2,1-2H3,(H,24,25)/t16-,17+/m0/s1. The van der Waals surface area contributed by atoms with Gasteiger partial charge in [0.05, 0.1) is 17.9 Å². The van der Waals surface area contributed by atoms with E-state index in [0.29, 0.717) is 31.3 Å². The summed E-state index contributed by atoms with van der Waals surface area (Å²) in [5.74, 6) is 0.689. The summed E-state index contributed by atoms with van der Waals surface area (Å²) in [7, 11) is 0. The van der Waals surface area contributed by atoms with Crippen molar-refractivity contribution in [3.05, 3.63) is 42.0 Å². The molecule has 1 N–H and O–H groups in total. The zero-order valence-electron chi connectivity index (χ0n) is 15.7. The van der Waals surface area contributed by atoms with Crippen molar-refractivity contribution >= 4 is 5.97 Å². The van der Waals surface area contributed by atoms with Gasteiger partial charge >= 0.3 is 5.97 Å². The molecule has 1 aromatic carbocycles. The molecule has 1 saturated heterocycles. The van der Waals surface area contributed by atoms with Gasteiger partial charge in [-0.2, -0.15) is 0 Å². The third-order valence-electron chi connectivity index (χ3n) is 5.28. The third-order valence-corrected chi connectivity index (χ3v) is 5.28. The minimum atomic E-state index is -0.754. The smallest absolute Gasteiger partial charge is 0.308 e. The van der Waals surface area contributed by atoms with Crippen LogP contribution < -0.4 is 9.47 Å². The number of aromatic nitrogens is 2. The molecule has 0 aliphatic carbocycles. The highest BCUT2D eigenvalue weighted by atomic mass is 16.7. The van der Waals surface area contributed by atoms with Gasteiger partial charge in [-0.25, -0.2) is 4.98 Å². The molecule has 4 rings (SSSR count). The molecule has 2 aliphatic rings. The average molecular weight is 371 g/mol. The molecular formula is C20H25N3O4. The quantitative estimate of drug-likeness (QED) is 0.841. The van der Waals surface area contributed by atoms with Crippen LogP contribution in [0.5, 0.6) is 11.5 Å². The van der Waals surface area contributed by atoms with E-state index in [1.807, 2.05) is 30.7 Å². The highest BCUT2D eigenvalue weighted by Gasteiger charge is 2.39. The number of ether oxygens (including phenoxy) is 2. The SMILES string of the molecule is CC(C)Cn1cncc1CN1C[C@@H](C(=O)O)[C@H](c2ccc3c(c2)OCO3)C1. The van der Waals surface area contributed by atoms with Crippen LogP contribution in [0.4, 0.5) is 0 Å². The summed E-state index contributed by atoms with van der Waals surface area (Å²) in [4.78, 5) is 18.4. The first kappa shape index (κ1) is 17.9. The van der Waals surface area contributed by atoms with Gasteiger partial charge in [0.15, 0.2) is 11.5 Å². The van der Waals surface area contributed by atoms with Crippen LogP contribution in [0.2, 0.25) is 0 Å². The van der Waals surface area contributed by atoms with Crippen LogP contribution in [0.3, 0.4) is 0 Å². The third kappa shape index (κ3) is 3.64. The summed E-state index contributed by atoms with van der Waals surface area (Å²) in [6, 6.07) is 5.76. The van der Waals surface area contributed by atoms with Crippen molar-refractivity contribution in [3.63, 3.8) is 0 Å². The van der Waals surface area contributed by atoms with Crippen molar-refractivity contribution in [2.24, 2.45) is 11.8 Å². The van der Waals surface area contributed by atoms with E-state index in [4.69, 9.17) is 9.47 Å². The van der Waals surface area contributed by atoms with Gasteiger partial charge in [-0.3, -0.25) is 9.69 Å². The first-order valence-electron chi connectivity index (χ1n) is 9.35. The van der Waals surface area contributed by atoms with Crippen molar-refractivity contribution in [2.45, 2.75) is 32.9 Å². The molecule has 0 radical (unpaired) electrons. The predicted octanol–water partition coefficient (Wildman–Crippen LogP) is 2.57. The lowest BCUT2D eigenvalue weighted by molar-refractivity contribution is -0.141. The van der Waals surface area contributed by atoms with Crippen LogP contribution in [0.1, 0.15) is 31.0 Å². The van der Waals surface area contributed by atoms with Crippen molar-refractivity contribution in [3.8, 4) is 11.5 Å². The highest BCUT2D eigenvalue weighted by Crippen LogP contribution is 2.39. The average Bonchev–Trinajstić information content (AvgIpc) is 3.34. The molecule has 7 heteroatoms. The molecule has 144 valence electrons. The van der Waals surface area contributed by atoms with Crippen molar-refractivity contribution in [1.82, 2.24) is 14.5 Å². The molecule has 2 atom stereocenters.